The molecule has 1 aliphatic rings. The van der Waals surface area contributed by atoms with Crippen LogP contribution in [0, 0.1) is 5.41 Å². The van der Waals surface area contributed by atoms with E-state index < -0.39 is 12.0 Å². The second-order valence-corrected chi connectivity index (χ2v) is 6.19. The number of H-pyrrole nitrogens is 1. The van der Waals surface area contributed by atoms with Crippen molar-refractivity contribution in [2.45, 2.75) is 46.2 Å². The molecule has 2 amide bonds. The van der Waals surface area contributed by atoms with Crippen molar-refractivity contribution < 1.29 is 14.7 Å². The molecule has 21 heavy (non-hydrogen) atoms. The Kier molecular flexibility index (Phi) is 4.20. The number of urea groups is 1. The molecule has 0 radical (unpaired) electrons. The van der Waals surface area contributed by atoms with Gasteiger partial charge in [0.15, 0.2) is 0 Å². The van der Waals surface area contributed by atoms with Crippen molar-refractivity contribution in [1.29, 1.82) is 0 Å². The highest BCUT2D eigenvalue weighted by molar-refractivity contribution is 5.83. The summed E-state index contributed by atoms with van der Waals surface area (Å²) >= 11 is 0. The van der Waals surface area contributed by atoms with Gasteiger partial charge in [-0.2, -0.15) is 0 Å². The SMILES string of the molecule is CCC(C)(C)CNC(=O)N1Cc2[nH]cnc2CC1C(=O)O. The van der Waals surface area contributed by atoms with Gasteiger partial charge in [-0.1, -0.05) is 20.8 Å². The smallest absolute Gasteiger partial charge is 0.326 e. The number of nitrogens with zero attached hydrogens (tertiary/aromatic N) is 2. The fourth-order valence-corrected chi connectivity index (χ4v) is 2.21. The van der Waals surface area contributed by atoms with Gasteiger partial charge in [0.05, 0.1) is 24.3 Å². The van der Waals surface area contributed by atoms with Gasteiger partial charge >= 0.3 is 12.0 Å². The molecule has 0 bridgehead atoms. The van der Waals surface area contributed by atoms with E-state index in [9.17, 15) is 14.7 Å². The van der Waals surface area contributed by atoms with Crippen LogP contribution in [-0.2, 0) is 17.8 Å². The Balaban J connectivity index is 2.09. The van der Waals surface area contributed by atoms with E-state index in [4.69, 9.17) is 0 Å². The number of aliphatic carboxylic acids is 1. The molecule has 0 saturated heterocycles. The lowest BCUT2D eigenvalue weighted by molar-refractivity contribution is -0.142. The van der Waals surface area contributed by atoms with Gasteiger partial charge in [-0.15, -0.1) is 0 Å². The van der Waals surface area contributed by atoms with Crippen molar-refractivity contribution in [3.63, 3.8) is 0 Å². The minimum atomic E-state index is -1.01. The first-order valence-electron chi connectivity index (χ1n) is 7.12. The largest absolute Gasteiger partial charge is 0.480 e. The summed E-state index contributed by atoms with van der Waals surface area (Å²) in [6.07, 6.45) is 2.70. The minimum absolute atomic E-state index is 0.0106. The first-order valence-corrected chi connectivity index (χ1v) is 7.12. The monoisotopic (exact) mass is 294 g/mol. The number of amides is 2. The Labute approximate surface area is 123 Å². The number of hydrogen-bond donors (Lipinski definition) is 3. The van der Waals surface area contributed by atoms with E-state index in [-0.39, 0.29) is 24.4 Å². The number of imidazole rings is 1. The lowest BCUT2D eigenvalue weighted by atomic mass is 9.90. The Morgan fingerprint density at radius 2 is 2.29 bits per heavy atom. The molecule has 1 unspecified atom stereocenters. The molecular weight excluding hydrogens is 272 g/mol. The third-order valence-corrected chi connectivity index (χ3v) is 4.12. The molecular formula is C14H22N4O3. The second-order valence-electron chi connectivity index (χ2n) is 6.19. The van der Waals surface area contributed by atoms with Crippen LogP contribution in [0.5, 0.6) is 0 Å². The number of nitrogens with one attached hydrogen (secondary N) is 2. The molecule has 3 N–H and O–H groups in total. The highest BCUT2D eigenvalue weighted by Gasteiger charge is 2.36. The second kappa shape index (κ2) is 5.75. The zero-order valence-corrected chi connectivity index (χ0v) is 12.6. The summed E-state index contributed by atoms with van der Waals surface area (Å²) in [5.41, 5.74) is 1.52. The highest BCUT2D eigenvalue weighted by Crippen LogP contribution is 2.22. The molecule has 0 aliphatic carbocycles. The Bertz CT molecular complexity index is 538. The number of carboxylic acids is 1. The van der Waals surface area contributed by atoms with Crippen molar-refractivity contribution in [3.05, 3.63) is 17.7 Å². The quantitative estimate of drug-likeness (QED) is 0.781. The van der Waals surface area contributed by atoms with Crippen molar-refractivity contribution in [2.24, 2.45) is 5.41 Å². The molecule has 0 fully saturated rings. The topological polar surface area (TPSA) is 98.3 Å². The van der Waals surface area contributed by atoms with Gasteiger partial charge in [0, 0.05) is 13.0 Å². The Morgan fingerprint density at radius 1 is 1.57 bits per heavy atom. The average Bonchev–Trinajstić information content (AvgIpc) is 2.90. The first-order chi connectivity index (χ1) is 9.84. The molecule has 1 aromatic heterocycles. The molecule has 7 nitrogen and oxygen atoms in total. The van der Waals surface area contributed by atoms with Crippen LogP contribution in [0.4, 0.5) is 4.79 Å². The Morgan fingerprint density at radius 3 is 2.90 bits per heavy atom. The van der Waals surface area contributed by atoms with Gasteiger partial charge < -0.3 is 20.3 Å². The number of aromatic nitrogens is 2. The van der Waals surface area contributed by atoms with Crippen LogP contribution in [-0.4, -0.2) is 44.6 Å². The van der Waals surface area contributed by atoms with Gasteiger partial charge in [-0.05, 0) is 11.8 Å². The predicted molar refractivity (Wildman–Crippen MR) is 76.7 cm³/mol. The van der Waals surface area contributed by atoms with Crippen molar-refractivity contribution in [2.75, 3.05) is 6.54 Å². The average molecular weight is 294 g/mol. The summed E-state index contributed by atoms with van der Waals surface area (Å²) in [6.45, 7) is 6.94. The summed E-state index contributed by atoms with van der Waals surface area (Å²) in [5.74, 6) is -1.01. The van der Waals surface area contributed by atoms with Gasteiger partial charge in [0.25, 0.3) is 0 Å². The van der Waals surface area contributed by atoms with E-state index in [1.165, 1.54) is 11.2 Å². The number of aromatic amines is 1. The highest BCUT2D eigenvalue weighted by atomic mass is 16.4. The molecule has 1 atom stereocenters. The predicted octanol–water partition coefficient (Wildman–Crippen LogP) is 1.37. The summed E-state index contributed by atoms with van der Waals surface area (Å²) in [6, 6.07) is -1.21. The summed E-state index contributed by atoms with van der Waals surface area (Å²) in [4.78, 5) is 32.1. The third kappa shape index (κ3) is 3.34. The number of carbonyl (C=O) groups is 2. The van der Waals surface area contributed by atoms with Crippen LogP contribution in [0.3, 0.4) is 0 Å². The van der Waals surface area contributed by atoms with Gasteiger partial charge in [0.2, 0.25) is 0 Å². The van der Waals surface area contributed by atoms with Gasteiger partial charge in [-0.3, -0.25) is 0 Å². The van der Waals surface area contributed by atoms with Crippen LogP contribution >= 0.6 is 0 Å². The summed E-state index contributed by atoms with van der Waals surface area (Å²) in [5, 5.41) is 12.2. The van der Waals surface area contributed by atoms with E-state index in [0.29, 0.717) is 6.54 Å². The molecule has 0 spiro atoms. The summed E-state index contributed by atoms with van der Waals surface area (Å²) in [7, 11) is 0. The number of hydrogen-bond acceptors (Lipinski definition) is 3. The van der Waals surface area contributed by atoms with Crippen LogP contribution in [0.15, 0.2) is 6.33 Å². The zero-order valence-electron chi connectivity index (χ0n) is 12.6. The standard InChI is InChI=1S/C14H22N4O3/c1-4-14(2,3)7-15-13(21)18-6-10-9(16-8-17-10)5-11(18)12(19)20/h8,11H,4-7H2,1-3H3,(H,15,21)(H,16,17)(H,19,20). The maximum atomic E-state index is 12.3. The molecule has 2 heterocycles. The Hall–Kier alpha value is -2.05. The fraction of sp³-hybridized carbons (Fsp3) is 0.643. The number of carboxylic acid groups (broad SMARTS) is 1. The van der Waals surface area contributed by atoms with E-state index in [0.717, 1.165) is 17.8 Å². The molecule has 1 aliphatic heterocycles. The van der Waals surface area contributed by atoms with E-state index in [1.54, 1.807) is 0 Å². The third-order valence-electron chi connectivity index (χ3n) is 4.12. The van der Waals surface area contributed by atoms with Crippen LogP contribution in [0.25, 0.3) is 0 Å². The molecule has 1 aromatic rings. The van der Waals surface area contributed by atoms with Crippen LogP contribution in [0.1, 0.15) is 38.6 Å². The lowest BCUT2D eigenvalue weighted by Crippen LogP contribution is -2.53. The zero-order chi connectivity index (χ0) is 15.6. The minimum Gasteiger partial charge on any atom is -0.480 e. The van der Waals surface area contributed by atoms with E-state index in [1.807, 2.05) is 0 Å². The molecule has 0 saturated carbocycles. The molecule has 0 aromatic carbocycles. The first kappa shape index (κ1) is 15.3. The van der Waals surface area contributed by atoms with Crippen molar-refractivity contribution in [1.82, 2.24) is 20.2 Å². The van der Waals surface area contributed by atoms with Crippen LogP contribution in [0.2, 0.25) is 0 Å². The maximum Gasteiger partial charge on any atom is 0.326 e. The van der Waals surface area contributed by atoms with Gasteiger partial charge in [0.1, 0.15) is 6.04 Å². The van der Waals surface area contributed by atoms with Crippen molar-refractivity contribution >= 4 is 12.0 Å². The molecule has 7 heteroatoms. The maximum absolute atomic E-state index is 12.3. The normalized spacial score (nSPS) is 18.2. The fourth-order valence-electron chi connectivity index (χ4n) is 2.21. The number of fused-ring (bicyclic) bond motifs is 1. The number of carbonyl (C=O) groups excluding carboxylic acids is 1. The van der Waals surface area contributed by atoms with Crippen molar-refractivity contribution in [3.8, 4) is 0 Å². The van der Waals surface area contributed by atoms with E-state index in [2.05, 4.69) is 36.1 Å². The molecule has 116 valence electrons. The lowest BCUT2D eigenvalue weighted by Gasteiger charge is -2.33. The van der Waals surface area contributed by atoms with Gasteiger partial charge in [-0.25, -0.2) is 14.6 Å². The number of rotatable bonds is 4. The van der Waals surface area contributed by atoms with Crippen LogP contribution < -0.4 is 5.32 Å². The van der Waals surface area contributed by atoms with E-state index >= 15 is 0 Å². The molecule has 2 rings (SSSR count). The summed E-state index contributed by atoms with van der Waals surface area (Å²) < 4.78 is 0.